The van der Waals surface area contributed by atoms with E-state index in [-0.39, 0.29) is 18.6 Å². The second kappa shape index (κ2) is 8.28. The lowest BCUT2D eigenvalue weighted by Crippen LogP contribution is -2.38. The van der Waals surface area contributed by atoms with Gasteiger partial charge in [-0.2, -0.15) is 0 Å². The van der Waals surface area contributed by atoms with E-state index in [0.717, 1.165) is 47.3 Å². The third kappa shape index (κ3) is 3.80. The lowest BCUT2D eigenvalue weighted by Gasteiger charge is -2.26. The number of hydrogen-bond acceptors (Lipinski definition) is 4. The highest BCUT2D eigenvalue weighted by molar-refractivity contribution is 6.39. The molecule has 2 aliphatic rings. The third-order valence-corrected chi connectivity index (χ3v) is 5.74. The molecule has 0 saturated carbocycles. The van der Waals surface area contributed by atoms with Gasteiger partial charge in [-0.1, -0.05) is 24.3 Å². The Bertz CT molecular complexity index is 1020. The molecule has 0 fully saturated rings. The van der Waals surface area contributed by atoms with Gasteiger partial charge in [-0.3, -0.25) is 14.4 Å². The Kier molecular flexibility index (Phi) is 5.55. The highest BCUT2D eigenvalue weighted by atomic mass is 16.5. The van der Waals surface area contributed by atoms with Gasteiger partial charge in [-0.25, -0.2) is 0 Å². The van der Waals surface area contributed by atoms with Crippen LogP contribution in [0.25, 0.3) is 0 Å². The topological polar surface area (TPSA) is 87.7 Å². The molecule has 0 aromatic heterocycles. The molecule has 2 N–H and O–H groups in total. The van der Waals surface area contributed by atoms with E-state index in [4.69, 9.17) is 4.74 Å². The van der Waals surface area contributed by atoms with Crippen LogP contribution in [0.15, 0.2) is 36.4 Å². The molecular formula is C23H25N3O4. The van der Waals surface area contributed by atoms with Crippen molar-refractivity contribution >= 4 is 29.1 Å². The normalized spacial score (nSPS) is 15.5. The summed E-state index contributed by atoms with van der Waals surface area (Å²) in [6, 6.07) is 11.4. The summed E-state index contributed by atoms with van der Waals surface area (Å²) < 4.78 is 5.49. The lowest BCUT2D eigenvalue weighted by atomic mass is 9.99. The van der Waals surface area contributed by atoms with E-state index in [1.54, 1.807) is 13.2 Å². The summed E-state index contributed by atoms with van der Waals surface area (Å²) in [6.45, 7) is 2.91. The maximum Gasteiger partial charge on any atom is 0.313 e. The Hall–Kier alpha value is -3.19. The van der Waals surface area contributed by atoms with E-state index in [1.165, 1.54) is 0 Å². The van der Waals surface area contributed by atoms with Crippen LogP contribution in [0.1, 0.15) is 34.8 Å². The maximum absolute atomic E-state index is 12.4. The van der Waals surface area contributed by atoms with Gasteiger partial charge in [0.1, 0.15) is 0 Å². The fraction of sp³-hybridized carbons (Fsp3) is 0.348. The minimum Gasteiger partial charge on any atom is -0.375 e. The molecule has 2 aromatic carbocycles. The zero-order valence-corrected chi connectivity index (χ0v) is 17.2. The first-order valence-electron chi connectivity index (χ1n) is 10.1. The van der Waals surface area contributed by atoms with Crippen LogP contribution in [-0.2, 0) is 32.0 Å². The number of ether oxygens (including phenoxy) is 1. The summed E-state index contributed by atoms with van der Waals surface area (Å²) >= 11 is 0. The standard InChI is InChI=1S/C23H25N3O4/c1-14-6-3-4-8-18(14)19(30-2)13-24-22(28)23(29)25-17-10-15-7-5-9-26-20(27)12-16(11-17)21(15)26/h3-4,6,8,10-11,19H,5,7,9,12-13H2,1-2H3,(H,24,28)(H,25,29)/t19-/m1/s1. The Labute approximate surface area is 175 Å². The number of aryl methyl sites for hydroxylation is 2. The van der Waals surface area contributed by atoms with E-state index in [2.05, 4.69) is 10.6 Å². The summed E-state index contributed by atoms with van der Waals surface area (Å²) in [4.78, 5) is 38.8. The highest BCUT2D eigenvalue weighted by Gasteiger charge is 2.32. The van der Waals surface area contributed by atoms with Gasteiger partial charge in [0, 0.05) is 25.9 Å². The third-order valence-electron chi connectivity index (χ3n) is 5.74. The van der Waals surface area contributed by atoms with Gasteiger partial charge in [0.15, 0.2) is 0 Å². The number of nitrogens with zero attached hydrogens (tertiary/aromatic N) is 1. The summed E-state index contributed by atoms with van der Waals surface area (Å²) in [5.74, 6) is -1.37. The van der Waals surface area contributed by atoms with Crippen LogP contribution < -0.4 is 15.5 Å². The van der Waals surface area contributed by atoms with Crippen molar-refractivity contribution < 1.29 is 19.1 Å². The number of amides is 3. The average Bonchev–Trinajstić information content (AvgIpc) is 3.06. The number of anilines is 2. The van der Waals surface area contributed by atoms with Crippen LogP contribution in [0.5, 0.6) is 0 Å². The van der Waals surface area contributed by atoms with E-state index in [9.17, 15) is 14.4 Å². The van der Waals surface area contributed by atoms with Crippen molar-refractivity contribution in [3.8, 4) is 0 Å². The van der Waals surface area contributed by atoms with Crippen molar-refractivity contribution in [3.63, 3.8) is 0 Å². The second-order valence-corrected chi connectivity index (χ2v) is 7.71. The molecule has 156 valence electrons. The van der Waals surface area contributed by atoms with Gasteiger partial charge < -0.3 is 20.3 Å². The van der Waals surface area contributed by atoms with Crippen LogP contribution in [0.4, 0.5) is 11.4 Å². The van der Waals surface area contributed by atoms with Gasteiger partial charge in [-0.05, 0) is 54.2 Å². The molecular weight excluding hydrogens is 382 g/mol. The van der Waals surface area contributed by atoms with Crippen molar-refractivity contribution in [2.24, 2.45) is 0 Å². The van der Waals surface area contributed by atoms with Crippen LogP contribution in [0, 0.1) is 6.92 Å². The lowest BCUT2D eigenvalue weighted by molar-refractivity contribution is -0.136. The molecule has 0 radical (unpaired) electrons. The molecule has 30 heavy (non-hydrogen) atoms. The fourth-order valence-corrected chi connectivity index (χ4v) is 4.27. The molecule has 2 aliphatic heterocycles. The minimum atomic E-state index is -0.737. The molecule has 2 aromatic rings. The largest absolute Gasteiger partial charge is 0.375 e. The summed E-state index contributed by atoms with van der Waals surface area (Å²) in [7, 11) is 1.57. The van der Waals surface area contributed by atoms with Crippen LogP contribution in [0.3, 0.4) is 0 Å². The Balaban J connectivity index is 1.41. The molecule has 7 nitrogen and oxygen atoms in total. The SMILES string of the molecule is CO[C@H](CNC(=O)C(=O)Nc1cc2c3c(c1)CC(=O)N3CCC2)c1ccccc1C. The van der Waals surface area contributed by atoms with Gasteiger partial charge in [-0.15, -0.1) is 0 Å². The first-order valence-corrected chi connectivity index (χ1v) is 10.1. The smallest absolute Gasteiger partial charge is 0.313 e. The average molecular weight is 407 g/mol. The monoisotopic (exact) mass is 407 g/mol. The van der Waals surface area contributed by atoms with Gasteiger partial charge in [0.2, 0.25) is 5.91 Å². The molecule has 0 saturated heterocycles. The molecule has 4 rings (SSSR count). The van der Waals surface area contributed by atoms with Gasteiger partial charge >= 0.3 is 11.8 Å². The van der Waals surface area contributed by atoms with Crippen LogP contribution >= 0.6 is 0 Å². The maximum atomic E-state index is 12.4. The van der Waals surface area contributed by atoms with Crippen molar-refractivity contribution in [2.45, 2.75) is 32.3 Å². The predicted octanol–water partition coefficient (Wildman–Crippen LogP) is 2.27. The quantitative estimate of drug-likeness (QED) is 0.745. The van der Waals surface area contributed by atoms with E-state index < -0.39 is 11.8 Å². The molecule has 0 spiro atoms. The Morgan fingerprint density at radius 1 is 1.17 bits per heavy atom. The highest BCUT2D eigenvalue weighted by Crippen LogP contribution is 2.38. The number of methoxy groups -OCH3 is 1. The van der Waals surface area contributed by atoms with Gasteiger partial charge in [0.25, 0.3) is 0 Å². The fourth-order valence-electron chi connectivity index (χ4n) is 4.27. The Morgan fingerprint density at radius 2 is 1.93 bits per heavy atom. The summed E-state index contributed by atoms with van der Waals surface area (Å²) in [6.07, 6.45) is 1.75. The van der Waals surface area contributed by atoms with E-state index in [0.29, 0.717) is 12.1 Å². The molecule has 7 heteroatoms. The zero-order chi connectivity index (χ0) is 21.3. The summed E-state index contributed by atoms with van der Waals surface area (Å²) in [5, 5.41) is 5.32. The predicted molar refractivity (Wildman–Crippen MR) is 113 cm³/mol. The molecule has 2 heterocycles. The van der Waals surface area contributed by atoms with Crippen molar-refractivity contribution in [1.82, 2.24) is 5.32 Å². The first kappa shape index (κ1) is 20.1. The van der Waals surface area contributed by atoms with Crippen LogP contribution in [-0.4, -0.2) is 37.9 Å². The number of carbonyl (C=O) groups excluding carboxylic acids is 3. The number of benzene rings is 2. The van der Waals surface area contributed by atoms with E-state index in [1.807, 2.05) is 42.2 Å². The molecule has 0 aliphatic carbocycles. The summed E-state index contributed by atoms with van der Waals surface area (Å²) in [5.41, 5.74) is 5.50. The number of carbonyl (C=O) groups is 3. The van der Waals surface area contributed by atoms with E-state index >= 15 is 0 Å². The molecule has 1 atom stereocenters. The van der Waals surface area contributed by atoms with Crippen LogP contribution in [0.2, 0.25) is 0 Å². The Morgan fingerprint density at radius 3 is 2.70 bits per heavy atom. The number of rotatable bonds is 5. The van der Waals surface area contributed by atoms with Crippen molar-refractivity contribution in [2.75, 3.05) is 30.4 Å². The first-order chi connectivity index (χ1) is 14.5. The van der Waals surface area contributed by atoms with Crippen molar-refractivity contribution in [1.29, 1.82) is 0 Å². The number of hydrogen-bond donors (Lipinski definition) is 2. The van der Waals surface area contributed by atoms with Crippen molar-refractivity contribution in [3.05, 3.63) is 58.7 Å². The molecule has 0 unspecified atom stereocenters. The zero-order valence-electron chi connectivity index (χ0n) is 17.2. The van der Waals surface area contributed by atoms with Gasteiger partial charge in [0.05, 0.1) is 18.2 Å². The minimum absolute atomic E-state index is 0.0917. The molecule has 0 bridgehead atoms. The number of nitrogens with one attached hydrogen (secondary N) is 2. The molecule has 3 amide bonds. The second-order valence-electron chi connectivity index (χ2n) is 7.71.